The Bertz CT molecular complexity index is 2270. The van der Waals surface area contributed by atoms with Gasteiger partial charge in [-0.15, -0.1) is 0 Å². The van der Waals surface area contributed by atoms with Gasteiger partial charge in [-0.05, 0) is 84.0 Å². The number of fused-ring (bicyclic) bond motifs is 1. The number of sulfone groups is 1. The molecule has 2 N–H and O–H groups in total. The smallest absolute Gasteiger partial charge is 0.229 e. The Morgan fingerprint density at radius 1 is 0.812 bits per heavy atom. The summed E-state index contributed by atoms with van der Waals surface area (Å²) >= 11 is 0. The molecule has 4 aromatic carbocycles. The van der Waals surface area contributed by atoms with Crippen LogP contribution in [0.1, 0.15) is 30.4 Å². The Labute approximate surface area is 276 Å². The molecule has 0 radical (unpaired) electrons. The minimum Gasteiger partial charge on any atom is -0.462 e. The zero-order chi connectivity index (χ0) is 34.5. The monoisotopic (exact) mass is 690 g/mol. The number of nitrogens with one attached hydrogen (secondary N) is 2. The van der Waals surface area contributed by atoms with E-state index in [0.717, 1.165) is 42.9 Å². The van der Waals surface area contributed by atoms with Crippen LogP contribution in [0.3, 0.4) is 0 Å². The van der Waals surface area contributed by atoms with E-state index in [1.165, 1.54) is 41.7 Å². The molecule has 6 rings (SSSR count). The van der Waals surface area contributed by atoms with E-state index in [1.807, 2.05) is 12.1 Å². The second kappa shape index (κ2) is 14.2. The van der Waals surface area contributed by atoms with Crippen molar-refractivity contribution in [3.05, 3.63) is 124 Å². The van der Waals surface area contributed by atoms with Crippen LogP contribution in [0.5, 0.6) is 11.5 Å². The first-order valence-electron chi connectivity index (χ1n) is 14.6. The number of carbonyl (C=O) groups is 1. The van der Waals surface area contributed by atoms with Crippen molar-refractivity contribution in [3.63, 3.8) is 0 Å². The largest absolute Gasteiger partial charge is 0.462 e. The quantitative estimate of drug-likeness (QED) is 0.160. The fourth-order valence-electron chi connectivity index (χ4n) is 5.23. The SMILES string of the molecule is CS(=O)(=O)Nc1cc2occ(NC=O)c(=O)c2cc1Oc1ccccc1.CS(=O)(=O)c1ccc(C2=C(c3ccc(F)cc3)CCC2)cc1. The Hall–Kier alpha value is -5.27. The number of rotatable bonds is 9. The van der Waals surface area contributed by atoms with Gasteiger partial charge < -0.3 is 14.5 Å². The van der Waals surface area contributed by atoms with E-state index < -0.39 is 25.3 Å². The Morgan fingerprint density at radius 2 is 1.42 bits per heavy atom. The first kappa shape index (κ1) is 34.1. The molecule has 0 fully saturated rings. The Balaban J connectivity index is 0.000000190. The molecular formula is C35H31FN2O8S2. The van der Waals surface area contributed by atoms with E-state index in [0.29, 0.717) is 17.1 Å². The summed E-state index contributed by atoms with van der Waals surface area (Å²) in [7, 11) is -6.77. The summed E-state index contributed by atoms with van der Waals surface area (Å²) in [5.41, 5.74) is 4.27. The number of hydrogen-bond donors (Lipinski definition) is 2. The van der Waals surface area contributed by atoms with Crippen LogP contribution in [0, 0.1) is 5.82 Å². The fourth-order valence-corrected chi connectivity index (χ4v) is 6.42. The summed E-state index contributed by atoms with van der Waals surface area (Å²) in [6.07, 6.45) is 6.65. The lowest BCUT2D eigenvalue weighted by Gasteiger charge is -2.13. The van der Waals surface area contributed by atoms with Crippen LogP contribution in [0.15, 0.2) is 111 Å². The van der Waals surface area contributed by atoms with Crippen molar-refractivity contribution in [1.82, 2.24) is 0 Å². The fraction of sp³-hybridized carbons (Fsp3) is 0.143. The van der Waals surface area contributed by atoms with E-state index in [4.69, 9.17) is 9.15 Å². The minimum atomic E-state index is -3.60. The number of carbonyl (C=O) groups excluding carboxylic acids is 1. The van der Waals surface area contributed by atoms with Crippen LogP contribution in [-0.4, -0.2) is 35.8 Å². The van der Waals surface area contributed by atoms with Gasteiger partial charge in [0.1, 0.15) is 29.1 Å². The summed E-state index contributed by atoms with van der Waals surface area (Å²) in [4.78, 5) is 23.4. The molecule has 0 spiro atoms. The average molecular weight is 691 g/mol. The number of allylic oxidation sites excluding steroid dienone is 2. The molecule has 1 amide bonds. The predicted octanol–water partition coefficient (Wildman–Crippen LogP) is 6.85. The standard InChI is InChI=1S/C18H17FO2S.C17H14N2O6S/c1-22(20,21)16-11-7-14(8-12-16)18-4-2-3-17(18)13-5-9-15(19)10-6-13;1-26(22,23)19-13-8-15-12(17(21)14(9-24-15)18-10-20)7-16(13)25-11-5-3-2-4-6-11/h5-12H,2-4H2,1H3;2-10,19H,1H3,(H,18,20). The molecule has 0 saturated carbocycles. The molecule has 0 atom stereocenters. The van der Waals surface area contributed by atoms with Gasteiger partial charge in [-0.25, -0.2) is 21.2 Å². The molecule has 10 nitrogen and oxygen atoms in total. The topological polar surface area (TPSA) is 149 Å². The number of hydrogen-bond acceptors (Lipinski definition) is 8. The molecule has 48 heavy (non-hydrogen) atoms. The number of sulfonamides is 1. The highest BCUT2D eigenvalue weighted by Crippen LogP contribution is 2.40. The number of ether oxygens (including phenoxy) is 1. The van der Waals surface area contributed by atoms with Crippen LogP contribution in [0.25, 0.3) is 22.1 Å². The second-order valence-corrected chi connectivity index (χ2v) is 14.8. The zero-order valence-electron chi connectivity index (χ0n) is 25.9. The maximum atomic E-state index is 13.1. The first-order valence-corrected chi connectivity index (χ1v) is 18.4. The molecule has 1 heterocycles. The van der Waals surface area contributed by atoms with Crippen LogP contribution in [0.2, 0.25) is 0 Å². The van der Waals surface area contributed by atoms with Crippen molar-refractivity contribution in [2.75, 3.05) is 22.6 Å². The summed E-state index contributed by atoms with van der Waals surface area (Å²) in [6, 6.07) is 25.0. The average Bonchev–Trinajstić information content (AvgIpc) is 3.53. The van der Waals surface area contributed by atoms with Crippen molar-refractivity contribution in [1.29, 1.82) is 0 Å². The second-order valence-electron chi connectivity index (χ2n) is 11.0. The third kappa shape index (κ3) is 8.35. The molecule has 1 aromatic heterocycles. The van der Waals surface area contributed by atoms with E-state index in [-0.39, 0.29) is 33.9 Å². The molecule has 5 aromatic rings. The van der Waals surface area contributed by atoms with Crippen molar-refractivity contribution < 1.29 is 35.2 Å². The third-order valence-electron chi connectivity index (χ3n) is 7.40. The van der Waals surface area contributed by atoms with Crippen LogP contribution in [0.4, 0.5) is 15.8 Å². The maximum absolute atomic E-state index is 13.1. The lowest BCUT2D eigenvalue weighted by Crippen LogP contribution is -2.12. The lowest BCUT2D eigenvalue weighted by molar-refractivity contribution is -0.105. The predicted molar refractivity (Wildman–Crippen MR) is 184 cm³/mol. The van der Waals surface area contributed by atoms with Crippen LogP contribution in [-0.2, 0) is 24.7 Å². The lowest BCUT2D eigenvalue weighted by atomic mass is 9.97. The highest BCUT2D eigenvalue weighted by Gasteiger charge is 2.19. The molecular weight excluding hydrogens is 660 g/mol. The van der Waals surface area contributed by atoms with E-state index in [2.05, 4.69) is 10.0 Å². The number of para-hydroxylation sites is 1. The van der Waals surface area contributed by atoms with Crippen molar-refractivity contribution in [2.24, 2.45) is 0 Å². The van der Waals surface area contributed by atoms with E-state index in [9.17, 15) is 30.8 Å². The summed E-state index contributed by atoms with van der Waals surface area (Å²) in [5.74, 6) is 0.334. The van der Waals surface area contributed by atoms with Gasteiger partial charge in [0.2, 0.25) is 21.9 Å². The molecule has 0 aliphatic heterocycles. The molecule has 0 bridgehead atoms. The van der Waals surface area contributed by atoms with Gasteiger partial charge in [-0.3, -0.25) is 14.3 Å². The van der Waals surface area contributed by atoms with Gasteiger partial charge in [-0.2, -0.15) is 0 Å². The summed E-state index contributed by atoms with van der Waals surface area (Å²) < 4.78 is 72.8. The van der Waals surface area contributed by atoms with E-state index in [1.54, 1.807) is 54.6 Å². The van der Waals surface area contributed by atoms with Gasteiger partial charge in [0.25, 0.3) is 0 Å². The van der Waals surface area contributed by atoms with Crippen LogP contribution < -0.4 is 20.2 Å². The number of halogens is 1. The van der Waals surface area contributed by atoms with Gasteiger partial charge in [0.15, 0.2) is 15.6 Å². The van der Waals surface area contributed by atoms with E-state index >= 15 is 0 Å². The van der Waals surface area contributed by atoms with Crippen molar-refractivity contribution >= 4 is 59.8 Å². The first-order chi connectivity index (χ1) is 22.8. The molecule has 248 valence electrons. The Morgan fingerprint density at radius 3 is 1.98 bits per heavy atom. The molecule has 1 aliphatic carbocycles. The minimum absolute atomic E-state index is 0.0398. The maximum Gasteiger partial charge on any atom is 0.229 e. The summed E-state index contributed by atoms with van der Waals surface area (Å²) in [6.45, 7) is 0. The highest BCUT2D eigenvalue weighted by atomic mass is 32.2. The van der Waals surface area contributed by atoms with Gasteiger partial charge in [0.05, 0.1) is 22.2 Å². The highest BCUT2D eigenvalue weighted by molar-refractivity contribution is 7.92. The molecule has 1 aliphatic rings. The van der Waals surface area contributed by atoms with Crippen molar-refractivity contribution in [2.45, 2.75) is 24.2 Å². The normalized spacial score (nSPS) is 13.1. The van der Waals surface area contributed by atoms with Gasteiger partial charge in [-0.1, -0.05) is 42.5 Å². The molecule has 0 unspecified atom stereocenters. The van der Waals surface area contributed by atoms with Gasteiger partial charge in [0, 0.05) is 12.3 Å². The van der Waals surface area contributed by atoms with Crippen LogP contribution >= 0.6 is 0 Å². The molecule has 13 heteroatoms. The summed E-state index contributed by atoms with van der Waals surface area (Å²) in [5, 5.41) is 2.38. The Kier molecular flexibility index (Phi) is 10.1. The third-order valence-corrected chi connectivity index (χ3v) is 9.12. The van der Waals surface area contributed by atoms with Gasteiger partial charge >= 0.3 is 0 Å². The number of anilines is 2. The number of benzene rings is 4. The van der Waals surface area contributed by atoms with Crippen molar-refractivity contribution in [3.8, 4) is 11.5 Å². The zero-order valence-corrected chi connectivity index (χ0v) is 27.5. The molecule has 0 saturated heterocycles. The number of amides is 1.